The normalized spacial score (nSPS) is 12.7. The molecule has 0 aliphatic rings. The highest BCUT2D eigenvalue weighted by Gasteiger charge is 2.16. The van der Waals surface area contributed by atoms with Crippen LogP contribution in [0.2, 0.25) is 0 Å². The molecule has 2 aromatic rings. The molecule has 0 saturated heterocycles. The number of rotatable bonds is 3. The van der Waals surface area contributed by atoms with Gasteiger partial charge in [0.05, 0.1) is 12.0 Å². The topological polar surface area (TPSA) is 43.8 Å². The van der Waals surface area contributed by atoms with Crippen LogP contribution in [0.3, 0.4) is 0 Å². The first-order valence-corrected chi connectivity index (χ1v) is 6.14. The first-order chi connectivity index (χ1) is 8.90. The molecule has 1 atom stereocenters. The molecular weight excluding hydrogens is 248 g/mol. The highest BCUT2D eigenvalue weighted by molar-refractivity contribution is 5.40. The number of aryl methyl sites for hydroxylation is 1. The minimum atomic E-state index is -0.601. The summed E-state index contributed by atoms with van der Waals surface area (Å²) in [6, 6.07) is 2.52. The summed E-state index contributed by atoms with van der Waals surface area (Å²) in [7, 11) is 0. The van der Waals surface area contributed by atoms with Crippen molar-refractivity contribution in [3.63, 3.8) is 0 Å². The largest absolute Gasteiger partial charge is 0.328 e. The van der Waals surface area contributed by atoms with Gasteiger partial charge in [0, 0.05) is 11.7 Å². The minimum absolute atomic E-state index is 0.0912. The summed E-state index contributed by atoms with van der Waals surface area (Å²) in [5.41, 5.74) is 7.58. The summed E-state index contributed by atoms with van der Waals surface area (Å²) in [6.07, 6.45) is 1.87. The number of hydrogen-bond donors (Lipinski definition) is 1. The second-order valence-corrected chi connectivity index (χ2v) is 4.87. The number of nitrogens with two attached hydrogens (primary N) is 1. The molecular formula is C14H17F2N3. The Labute approximate surface area is 111 Å². The van der Waals surface area contributed by atoms with E-state index in [1.807, 2.05) is 0 Å². The van der Waals surface area contributed by atoms with Crippen LogP contribution in [0.5, 0.6) is 0 Å². The standard InChI is InChI=1S/C14H17F2N3/c1-8(17)4-11-5-12(15)14(13(16)6-11)19-7-18-9(2)10(19)3/h5-8H,4,17H2,1-3H3. The zero-order chi connectivity index (χ0) is 14.2. The van der Waals surface area contributed by atoms with Crippen molar-refractivity contribution < 1.29 is 8.78 Å². The fourth-order valence-electron chi connectivity index (χ4n) is 2.06. The van der Waals surface area contributed by atoms with Gasteiger partial charge >= 0.3 is 0 Å². The van der Waals surface area contributed by atoms with Crippen LogP contribution in [-0.2, 0) is 6.42 Å². The number of aromatic nitrogens is 2. The van der Waals surface area contributed by atoms with Crippen LogP contribution in [0, 0.1) is 25.5 Å². The molecule has 0 fully saturated rings. The Morgan fingerprint density at radius 3 is 2.26 bits per heavy atom. The molecule has 0 aliphatic heterocycles. The molecule has 0 amide bonds. The van der Waals surface area contributed by atoms with Gasteiger partial charge in [0.1, 0.15) is 5.69 Å². The average Bonchev–Trinajstić information content (AvgIpc) is 2.59. The summed E-state index contributed by atoms with van der Waals surface area (Å²) in [4.78, 5) is 4.06. The number of nitrogens with zero attached hydrogens (tertiary/aromatic N) is 2. The Morgan fingerprint density at radius 2 is 1.84 bits per heavy atom. The van der Waals surface area contributed by atoms with E-state index in [4.69, 9.17) is 5.73 Å². The molecule has 5 heteroatoms. The van der Waals surface area contributed by atoms with Gasteiger partial charge in [0.25, 0.3) is 0 Å². The molecule has 1 aromatic heterocycles. The number of benzene rings is 1. The summed E-state index contributed by atoms with van der Waals surface area (Å²) in [6.45, 7) is 5.37. The summed E-state index contributed by atoms with van der Waals surface area (Å²) in [5.74, 6) is -1.20. The molecule has 19 heavy (non-hydrogen) atoms. The Morgan fingerprint density at radius 1 is 1.26 bits per heavy atom. The van der Waals surface area contributed by atoms with Crippen molar-refractivity contribution in [1.82, 2.24) is 9.55 Å². The van der Waals surface area contributed by atoms with Crippen molar-refractivity contribution in [2.24, 2.45) is 5.73 Å². The van der Waals surface area contributed by atoms with Crippen LogP contribution in [0.4, 0.5) is 8.78 Å². The smallest absolute Gasteiger partial charge is 0.150 e. The molecule has 3 nitrogen and oxygen atoms in total. The van der Waals surface area contributed by atoms with E-state index in [0.717, 1.165) is 11.4 Å². The lowest BCUT2D eigenvalue weighted by molar-refractivity contribution is 0.562. The fraction of sp³-hybridized carbons (Fsp3) is 0.357. The second-order valence-electron chi connectivity index (χ2n) is 4.87. The molecule has 1 aromatic carbocycles. The number of hydrogen-bond acceptors (Lipinski definition) is 2. The lowest BCUT2D eigenvalue weighted by atomic mass is 10.1. The van der Waals surface area contributed by atoms with E-state index < -0.39 is 11.6 Å². The maximum atomic E-state index is 14.1. The van der Waals surface area contributed by atoms with Crippen LogP contribution in [-0.4, -0.2) is 15.6 Å². The summed E-state index contributed by atoms with van der Waals surface area (Å²) < 4.78 is 29.6. The van der Waals surface area contributed by atoms with E-state index in [9.17, 15) is 8.78 Å². The maximum Gasteiger partial charge on any atom is 0.150 e. The second kappa shape index (κ2) is 5.09. The van der Waals surface area contributed by atoms with E-state index in [-0.39, 0.29) is 11.7 Å². The van der Waals surface area contributed by atoms with Crippen LogP contribution < -0.4 is 5.73 Å². The van der Waals surface area contributed by atoms with Crippen LogP contribution in [0.15, 0.2) is 18.5 Å². The molecule has 0 spiro atoms. The quantitative estimate of drug-likeness (QED) is 0.927. The average molecular weight is 265 g/mol. The van der Waals surface area contributed by atoms with Crippen LogP contribution >= 0.6 is 0 Å². The van der Waals surface area contributed by atoms with E-state index in [1.165, 1.54) is 23.0 Å². The van der Waals surface area contributed by atoms with Gasteiger partial charge in [-0.1, -0.05) is 0 Å². The first kappa shape index (κ1) is 13.7. The zero-order valence-corrected chi connectivity index (χ0v) is 11.2. The molecule has 0 bridgehead atoms. The first-order valence-electron chi connectivity index (χ1n) is 6.14. The Bertz CT molecular complexity index is 580. The lowest BCUT2D eigenvalue weighted by Gasteiger charge is -2.11. The zero-order valence-electron chi connectivity index (χ0n) is 11.2. The maximum absolute atomic E-state index is 14.1. The molecule has 2 rings (SSSR count). The highest BCUT2D eigenvalue weighted by Crippen LogP contribution is 2.22. The molecule has 1 heterocycles. The van der Waals surface area contributed by atoms with Gasteiger partial charge in [-0.3, -0.25) is 4.57 Å². The summed E-state index contributed by atoms with van der Waals surface area (Å²) >= 11 is 0. The third-order valence-corrected chi connectivity index (χ3v) is 3.13. The van der Waals surface area contributed by atoms with Crippen LogP contribution in [0.25, 0.3) is 5.69 Å². The van der Waals surface area contributed by atoms with E-state index in [2.05, 4.69) is 4.98 Å². The van der Waals surface area contributed by atoms with Crippen molar-refractivity contribution in [3.8, 4) is 5.69 Å². The van der Waals surface area contributed by atoms with Gasteiger partial charge in [-0.25, -0.2) is 13.8 Å². The molecule has 0 aliphatic carbocycles. The van der Waals surface area contributed by atoms with E-state index >= 15 is 0 Å². The Balaban J connectivity index is 2.51. The molecule has 1 unspecified atom stereocenters. The SMILES string of the molecule is Cc1ncn(-c2c(F)cc(CC(C)N)cc2F)c1C. The van der Waals surface area contributed by atoms with E-state index in [0.29, 0.717) is 12.0 Å². The van der Waals surface area contributed by atoms with Gasteiger partial charge in [-0.2, -0.15) is 0 Å². The van der Waals surface area contributed by atoms with Crippen molar-refractivity contribution in [3.05, 3.63) is 47.0 Å². The van der Waals surface area contributed by atoms with Crippen molar-refractivity contribution in [1.29, 1.82) is 0 Å². The fourth-order valence-corrected chi connectivity index (χ4v) is 2.06. The van der Waals surface area contributed by atoms with Gasteiger partial charge in [0.15, 0.2) is 11.6 Å². The van der Waals surface area contributed by atoms with Gasteiger partial charge < -0.3 is 5.73 Å². The van der Waals surface area contributed by atoms with Crippen molar-refractivity contribution in [2.45, 2.75) is 33.2 Å². The third kappa shape index (κ3) is 2.66. The monoisotopic (exact) mass is 265 g/mol. The predicted octanol–water partition coefficient (Wildman–Crippen LogP) is 2.66. The van der Waals surface area contributed by atoms with Gasteiger partial charge in [0.2, 0.25) is 0 Å². The number of imidazole rings is 1. The Hall–Kier alpha value is -1.75. The van der Waals surface area contributed by atoms with Gasteiger partial charge in [-0.15, -0.1) is 0 Å². The molecule has 0 radical (unpaired) electrons. The molecule has 2 N–H and O–H groups in total. The van der Waals surface area contributed by atoms with E-state index in [1.54, 1.807) is 20.8 Å². The Kier molecular flexibility index (Phi) is 3.66. The predicted molar refractivity (Wildman–Crippen MR) is 70.3 cm³/mol. The van der Waals surface area contributed by atoms with Crippen LogP contribution in [0.1, 0.15) is 23.9 Å². The molecule has 102 valence electrons. The minimum Gasteiger partial charge on any atom is -0.328 e. The summed E-state index contributed by atoms with van der Waals surface area (Å²) in [5, 5.41) is 0. The lowest BCUT2D eigenvalue weighted by Crippen LogP contribution is -2.18. The highest BCUT2D eigenvalue weighted by atomic mass is 19.1. The number of halogens is 2. The molecule has 0 saturated carbocycles. The third-order valence-electron chi connectivity index (χ3n) is 3.13. The van der Waals surface area contributed by atoms with Crippen molar-refractivity contribution >= 4 is 0 Å². The van der Waals surface area contributed by atoms with Gasteiger partial charge in [-0.05, 0) is 44.9 Å². The van der Waals surface area contributed by atoms with Crippen molar-refractivity contribution in [2.75, 3.05) is 0 Å².